The molecule has 1 aromatic carbocycles. The van der Waals surface area contributed by atoms with Gasteiger partial charge in [-0.15, -0.1) is 0 Å². The van der Waals surface area contributed by atoms with Crippen molar-refractivity contribution in [3.8, 4) is 0 Å². The number of sulfonamides is 1. The molecule has 1 rings (SSSR count). The third-order valence-corrected chi connectivity index (χ3v) is 3.86. The summed E-state index contributed by atoms with van der Waals surface area (Å²) in [5, 5.41) is 2.57. The normalized spacial score (nSPS) is 13.3. The Morgan fingerprint density at radius 3 is 2.32 bits per heavy atom. The van der Waals surface area contributed by atoms with E-state index < -0.39 is 32.7 Å². The fraction of sp³-hybridized carbons (Fsp3) is 0.417. The molecule has 0 aromatic heterocycles. The third-order valence-electron chi connectivity index (χ3n) is 2.28. The number of hydrogen-bond donors (Lipinski definition) is 2. The lowest BCUT2D eigenvalue weighted by Gasteiger charge is -2.16. The zero-order valence-corrected chi connectivity index (χ0v) is 11.8. The maximum absolute atomic E-state index is 13.4. The Balaban J connectivity index is 2.87. The van der Waals surface area contributed by atoms with Crippen molar-refractivity contribution < 1.29 is 17.6 Å². The van der Waals surface area contributed by atoms with E-state index in [-0.39, 0.29) is 6.04 Å². The highest BCUT2D eigenvalue weighted by Crippen LogP contribution is 2.13. The summed E-state index contributed by atoms with van der Waals surface area (Å²) in [7, 11) is -4.06. The van der Waals surface area contributed by atoms with Crippen LogP contribution in [0.5, 0.6) is 0 Å². The molecule has 0 bridgehead atoms. The second-order valence-corrected chi connectivity index (χ2v) is 6.12. The Morgan fingerprint density at radius 2 is 1.79 bits per heavy atom. The molecular formula is C12H17FN2O3S. The van der Waals surface area contributed by atoms with Gasteiger partial charge in [0.2, 0.25) is 15.9 Å². The Bertz CT molecular complexity index is 558. The number of benzene rings is 1. The van der Waals surface area contributed by atoms with Crippen LogP contribution in [0.3, 0.4) is 0 Å². The Labute approximate surface area is 112 Å². The van der Waals surface area contributed by atoms with Gasteiger partial charge in [0.25, 0.3) is 0 Å². The number of nitrogens with one attached hydrogen (secondary N) is 2. The molecular weight excluding hydrogens is 271 g/mol. The van der Waals surface area contributed by atoms with Crippen molar-refractivity contribution in [3.05, 3.63) is 30.1 Å². The van der Waals surface area contributed by atoms with Gasteiger partial charge >= 0.3 is 0 Å². The lowest BCUT2D eigenvalue weighted by molar-refractivity contribution is -0.122. The number of amides is 1. The second-order valence-electron chi connectivity index (χ2n) is 4.44. The standard InChI is InChI=1S/C12H17FN2O3S/c1-8(2)14-12(16)9(3)15-19(17,18)11-7-5-4-6-10(11)13/h4-9,15H,1-3H3,(H,14,16). The van der Waals surface area contributed by atoms with Crippen LogP contribution in [0.4, 0.5) is 4.39 Å². The maximum Gasteiger partial charge on any atom is 0.244 e. The molecule has 0 aliphatic carbocycles. The van der Waals surface area contributed by atoms with E-state index in [9.17, 15) is 17.6 Å². The summed E-state index contributed by atoms with van der Waals surface area (Å²) >= 11 is 0. The van der Waals surface area contributed by atoms with E-state index >= 15 is 0 Å². The van der Waals surface area contributed by atoms with Crippen LogP contribution in [-0.2, 0) is 14.8 Å². The zero-order chi connectivity index (χ0) is 14.6. The number of hydrogen-bond acceptors (Lipinski definition) is 3. The molecule has 0 spiro atoms. The molecule has 19 heavy (non-hydrogen) atoms. The molecule has 0 saturated heterocycles. The van der Waals surface area contributed by atoms with Crippen molar-refractivity contribution in [3.63, 3.8) is 0 Å². The molecule has 0 saturated carbocycles. The lowest BCUT2D eigenvalue weighted by Crippen LogP contribution is -2.46. The monoisotopic (exact) mass is 288 g/mol. The molecule has 0 fully saturated rings. The van der Waals surface area contributed by atoms with Crippen LogP contribution in [0, 0.1) is 5.82 Å². The van der Waals surface area contributed by atoms with Gasteiger partial charge in [-0.25, -0.2) is 12.8 Å². The molecule has 106 valence electrons. The summed E-state index contributed by atoms with van der Waals surface area (Å²) in [6.45, 7) is 4.92. The van der Waals surface area contributed by atoms with Gasteiger partial charge in [-0.2, -0.15) is 4.72 Å². The van der Waals surface area contributed by atoms with Crippen LogP contribution in [0.2, 0.25) is 0 Å². The molecule has 1 unspecified atom stereocenters. The number of halogens is 1. The maximum atomic E-state index is 13.4. The summed E-state index contributed by atoms with van der Waals surface area (Å²) in [6, 6.07) is 3.91. The highest BCUT2D eigenvalue weighted by atomic mass is 32.2. The first kappa shape index (κ1) is 15.6. The minimum Gasteiger partial charge on any atom is -0.353 e. The molecule has 1 atom stereocenters. The fourth-order valence-corrected chi connectivity index (χ4v) is 2.70. The highest BCUT2D eigenvalue weighted by Gasteiger charge is 2.24. The van der Waals surface area contributed by atoms with E-state index in [1.807, 2.05) is 0 Å². The van der Waals surface area contributed by atoms with Crippen LogP contribution in [-0.4, -0.2) is 26.4 Å². The first-order valence-electron chi connectivity index (χ1n) is 5.81. The van der Waals surface area contributed by atoms with Crippen molar-refractivity contribution in [2.75, 3.05) is 0 Å². The number of carbonyl (C=O) groups excluding carboxylic acids is 1. The first-order valence-corrected chi connectivity index (χ1v) is 7.29. The molecule has 1 amide bonds. The van der Waals surface area contributed by atoms with Crippen LogP contribution in [0.25, 0.3) is 0 Å². The number of carbonyl (C=O) groups is 1. The summed E-state index contributed by atoms with van der Waals surface area (Å²) in [6.07, 6.45) is 0. The van der Waals surface area contributed by atoms with Gasteiger partial charge in [0.1, 0.15) is 10.7 Å². The van der Waals surface area contributed by atoms with Crippen molar-refractivity contribution in [1.29, 1.82) is 0 Å². The van der Waals surface area contributed by atoms with E-state index in [1.165, 1.54) is 19.1 Å². The number of rotatable bonds is 5. The van der Waals surface area contributed by atoms with Gasteiger partial charge in [-0.1, -0.05) is 12.1 Å². The predicted molar refractivity (Wildman–Crippen MR) is 69.5 cm³/mol. The van der Waals surface area contributed by atoms with Gasteiger partial charge in [0, 0.05) is 6.04 Å². The van der Waals surface area contributed by atoms with E-state index in [1.54, 1.807) is 13.8 Å². The average Bonchev–Trinajstić information content (AvgIpc) is 2.27. The molecule has 0 heterocycles. The molecule has 0 aliphatic heterocycles. The molecule has 0 radical (unpaired) electrons. The van der Waals surface area contributed by atoms with Crippen LogP contribution in [0.15, 0.2) is 29.2 Å². The molecule has 5 nitrogen and oxygen atoms in total. The smallest absolute Gasteiger partial charge is 0.244 e. The van der Waals surface area contributed by atoms with Crippen molar-refractivity contribution in [1.82, 2.24) is 10.0 Å². The summed E-state index contributed by atoms with van der Waals surface area (Å²) in [5.41, 5.74) is 0. The van der Waals surface area contributed by atoms with E-state index in [0.29, 0.717) is 0 Å². The van der Waals surface area contributed by atoms with Crippen LogP contribution < -0.4 is 10.0 Å². The molecule has 0 aliphatic rings. The molecule has 7 heteroatoms. The molecule has 2 N–H and O–H groups in total. The van der Waals surface area contributed by atoms with Gasteiger partial charge in [0.05, 0.1) is 6.04 Å². The second kappa shape index (κ2) is 6.12. The summed E-state index contributed by atoms with van der Waals surface area (Å²) < 4.78 is 39.4. The van der Waals surface area contributed by atoms with E-state index in [0.717, 1.165) is 12.1 Å². The van der Waals surface area contributed by atoms with Gasteiger partial charge < -0.3 is 5.32 Å². The lowest BCUT2D eigenvalue weighted by atomic mass is 10.3. The van der Waals surface area contributed by atoms with Gasteiger partial charge in [0.15, 0.2) is 0 Å². The quantitative estimate of drug-likeness (QED) is 0.849. The predicted octanol–water partition coefficient (Wildman–Crippen LogP) is 1.02. The van der Waals surface area contributed by atoms with Crippen molar-refractivity contribution in [2.24, 2.45) is 0 Å². The van der Waals surface area contributed by atoms with Gasteiger partial charge in [-0.05, 0) is 32.9 Å². The zero-order valence-electron chi connectivity index (χ0n) is 11.0. The average molecular weight is 288 g/mol. The summed E-state index contributed by atoms with van der Waals surface area (Å²) in [4.78, 5) is 11.1. The minimum absolute atomic E-state index is 0.104. The summed E-state index contributed by atoms with van der Waals surface area (Å²) in [5.74, 6) is -1.32. The third kappa shape index (κ3) is 4.29. The van der Waals surface area contributed by atoms with E-state index in [4.69, 9.17) is 0 Å². The van der Waals surface area contributed by atoms with Crippen molar-refractivity contribution in [2.45, 2.75) is 37.8 Å². The SMILES string of the molecule is CC(C)NC(=O)C(C)NS(=O)(=O)c1ccccc1F. The minimum atomic E-state index is -4.06. The Morgan fingerprint density at radius 1 is 1.21 bits per heavy atom. The largest absolute Gasteiger partial charge is 0.353 e. The van der Waals surface area contributed by atoms with Crippen LogP contribution >= 0.6 is 0 Å². The topological polar surface area (TPSA) is 75.3 Å². The first-order chi connectivity index (χ1) is 8.74. The Kier molecular flexibility index (Phi) is 5.02. The van der Waals surface area contributed by atoms with Crippen molar-refractivity contribution >= 4 is 15.9 Å². The van der Waals surface area contributed by atoms with E-state index in [2.05, 4.69) is 10.0 Å². The van der Waals surface area contributed by atoms with Gasteiger partial charge in [-0.3, -0.25) is 4.79 Å². The molecule has 1 aromatic rings. The van der Waals surface area contributed by atoms with Crippen LogP contribution in [0.1, 0.15) is 20.8 Å². The Hall–Kier alpha value is -1.47. The highest BCUT2D eigenvalue weighted by molar-refractivity contribution is 7.89. The fourth-order valence-electron chi connectivity index (χ4n) is 1.42.